The van der Waals surface area contributed by atoms with Crippen molar-refractivity contribution < 1.29 is 19.0 Å². The van der Waals surface area contributed by atoms with Crippen LogP contribution < -0.4 is 4.74 Å². The molecule has 2 aliphatic rings. The molecule has 18 heavy (non-hydrogen) atoms. The summed E-state index contributed by atoms with van der Waals surface area (Å²) in [5.41, 5.74) is 0.732. The molecule has 1 saturated heterocycles. The van der Waals surface area contributed by atoms with Crippen LogP contribution in [0.1, 0.15) is 11.6 Å². The van der Waals surface area contributed by atoms with Crippen molar-refractivity contribution in [3.8, 4) is 5.75 Å². The van der Waals surface area contributed by atoms with E-state index in [1.54, 1.807) is 6.07 Å². The number of hydrogen-bond donors (Lipinski definition) is 1. The van der Waals surface area contributed by atoms with Crippen molar-refractivity contribution in [1.29, 1.82) is 0 Å². The van der Waals surface area contributed by atoms with Gasteiger partial charge in [0.1, 0.15) is 12.7 Å². The van der Waals surface area contributed by atoms with Crippen LogP contribution in [0.4, 0.5) is 4.39 Å². The third-order valence-electron chi connectivity index (χ3n) is 3.52. The van der Waals surface area contributed by atoms with Crippen LogP contribution in [0.5, 0.6) is 5.75 Å². The highest BCUT2D eigenvalue weighted by molar-refractivity contribution is 5.39. The molecule has 1 aromatic carbocycles. The number of hydrogen-bond acceptors (Lipinski definition) is 4. The summed E-state index contributed by atoms with van der Waals surface area (Å²) < 4.78 is 24.3. The topological polar surface area (TPSA) is 41.9 Å². The highest BCUT2D eigenvalue weighted by Crippen LogP contribution is 2.37. The van der Waals surface area contributed by atoms with E-state index in [1.165, 1.54) is 6.07 Å². The second-order valence-corrected chi connectivity index (χ2v) is 4.63. The van der Waals surface area contributed by atoms with Crippen molar-refractivity contribution in [3.05, 3.63) is 29.6 Å². The fourth-order valence-corrected chi connectivity index (χ4v) is 2.67. The summed E-state index contributed by atoms with van der Waals surface area (Å²) in [6.07, 6.45) is -0.627. The van der Waals surface area contributed by atoms with Crippen LogP contribution in [-0.4, -0.2) is 49.0 Å². The Kier molecular flexibility index (Phi) is 3.20. The van der Waals surface area contributed by atoms with Gasteiger partial charge in [-0.05, 0) is 6.07 Å². The number of ether oxygens (including phenoxy) is 2. The molecule has 2 atom stereocenters. The molecule has 4 nitrogen and oxygen atoms in total. The summed E-state index contributed by atoms with van der Waals surface area (Å²) >= 11 is 0. The number of nitrogens with zero attached hydrogens (tertiary/aromatic N) is 1. The van der Waals surface area contributed by atoms with E-state index in [4.69, 9.17) is 9.47 Å². The van der Waals surface area contributed by atoms with E-state index < -0.39 is 6.10 Å². The van der Waals surface area contributed by atoms with Gasteiger partial charge in [0.25, 0.3) is 0 Å². The van der Waals surface area contributed by atoms with Crippen LogP contribution in [0.15, 0.2) is 18.2 Å². The summed E-state index contributed by atoms with van der Waals surface area (Å²) in [6.45, 7) is 2.93. The Hall–Kier alpha value is -1.17. The lowest BCUT2D eigenvalue weighted by atomic mass is 9.96. The molecule has 1 fully saturated rings. The molecular formula is C13H16FNO3. The van der Waals surface area contributed by atoms with E-state index in [1.807, 2.05) is 6.07 Å². The fourth-order valence-electron chi connectivity index (χ4n) is 2.67. The van der Waals surface area contributed by atoms with Crippen LogP contribution in [0, 0.1) is 5.82 Å². The summed E-state index contributed by atoms with van der Waals surface area (Å²) in [7, 11) is 0. The minimum absolute atomic E-state index is 0.135. The first-order valence-corrected chi connectivity index (χ1v) is 6.18. The second kappa shape index (κ2) is 4.84. The van der Waals surface area contributed by atoms with Gasteiger partial charge in [-0.15, -0.1) is 0 Å². The average molecular weight is 253 g/mol. The third-order valence-corrected chi connectivity index (χ3v) is 3.52. The van der Waals surface area contributed by atoms with Crippen molar-refractivity contribution in [2.75, 3.05) is 32.9 Å². The molecule has 0 bridgehead atoms. The predicted octanol–water partition coefficient (Wildman–Crippen LogP) is 0.952. The maximum Gasteiger partial charge on any atom is 0.165 e. The van der Waals surface area contributed by atoms with Crippen molar-refractivity contribution in [2.24, 2.45) is 0 Å². The monoisotopic (exact) mass is 253 g/mol. The Bertz CT molecular complexity index is 434. The lowest BCUT2D eigenvalue weighted by molar-refractivity contribution is -0.0451. The molecular weight excluding hydrogens is 237 g/mol. The van der Waals surface area contributed by atoms with E-state index in [0.717, 1.165) is 18.7 Å². The number of aliphatic hydroxyl groups excluding tert-OH is 1. The maximum absolute atomic E-state index is 13.7. The Labute approximate surface area is 105 Å². The van der Waals surface area contributed by atoms with Gasteiger partial charge in [-0.1, -0.05) is 12.1 Å². The van der Waals surface area contributed by atoms with Gasteiger partial charge in [0, 0.05) is 18.7 Å². The average Bonchev–Trinajstić information content (AvgIpc) is 2.40. The zero-order valence-electron chi connectivity index (χ0n) is 10.0. The summed E-state index contributed by atoms with van der Waals surface area (Å²) in [5, 5.41) is 10.1. The van der Waals surface area contributed by atoms with Gasteiger partial charge in [0.05, 0.1) is 19.3 Å². The Morgan fingerprint density at radius 3 is 2.83 bits per heavy atom. The highest BCUT2D eigenvalue weighted by atomic mass is 19.1. The second-order valence-electron chi connectivity index (χ2n) is 4.63. The number of para-hydroxylation sites is 1. The zero-order valence-corrected chi connectivity index (χ0v) is 10.0. The molecule has 0 aromatic heterocycles. The van der Waals surface area contributed by atoms with Crippen molar-refractivity contribution >= 4 is 0 Å². The molecule has 3 rings (SSSR count). The van der Waals surface area contributed by atoms with Crippen molar-refractivity contribution in [1.82, 2.24) is 4.90 Å². The smallest absolute Gasteiger partial charge is 0.165 e. The van der Waals surface area contributed by atoms with E-state index >= 15 is 0 Å². The van der Waals surface area contributed by atoms with E-state index in [2.05, 4.69) is 4.90 Å². The number of rotatable bonds is 1. The largest absolute Gasteiger partial charge is 0.487 e. The van der Waals surface area contributed by atoms with Crippen LogP contribution in [-0.2, 0) is 4.74 Å². The molecule has 2 unspecified atom stereocenters. The van der Waals surface area contributed by atoms with Gasteiger partial charge in [0.2, 0.25) is 0 Å². The highest BCUT2D eigenvalue weighted by Gasteiger charge is 2.35. The van der Waals surface area contributed by atoms with Gasteiger partial charge < -0.3 is 14.6 Å². The van der Waals surface area contributed by atoms with Gasteiger partial charge in [-0.3, -0.25) is 4.90 Å². The van der Waals surface area contributed by atoms with E-state index in [-0.39, 0.29) is 24.2 Å². The summed E-state index contributed by atoms with van der Waals surface area (Å²) in [4.78, 5) is 2.13. The fraction of sp³-hybridized carbons (Fsp3) is 0.538. The number of benzene rings is 1. The lowest BCUT2D eigenvalue weighted by Crippen LogP contribution is -2.47. The summed E-state index contributed by atoms with van der Waals surface area (Å²) in [6, 6.07) is 4.66. The Morgan fingerprint density at radius 2 is 2.06 bits per heavy atom. The molecule has 1 aromatic rings. The Morgan fingerprint density at radius 1 is 1.28 bits per heavy atom. The number of aliphatic hydroxyl groups is 1. The van der Waals surface area contributed by atoms with Crippen LogP contribution in [0.3, 0.4) is 0 Å². The first-order valence-electron chi connectivity index (χ1n) is 6.18. The minimum Gasteiger partial charge on any atom is -0.487 e. The zero-order chi connectivity index (χ0) is 12.5. The molecule has 98 valence electrons. The molecule has 2 heterocycles. The van der Waals surface area contributed by atoms with Crippen molar-refractivity contribution in [3.63, 3.8) is 0 Å². The van der Waals surface area contributed by atoms with Crippen LogP contribution in [0.2, 0.25) is 0 Å². The molecule has 0 amide bonds. The van der Waals surface area contributed by atoms with Gasteiger partial charge in [0.15, 0.2) is 11.6 Å². The van der Waals surface area contributed by atoms with Crippen LogP contribution >= 0.6 is 0 Å². The number of fused-ring (bicyclic) bond motifs is 1. The van der Waals surface area contributed by atoms with Gasteiger partial charge in [-0.25, -0.2) is 4.39 Å². The SMILES string of the molecule is OC1COc2c(F)cccc2C1N1CCOCC1. The van der Waals surface area contributed by atoms with E-state index in [9.17, 15) is 9.50 Å². The standard InChI is InChI=1S/C13H16FNO3/c14-10-3-1-2-9-12(11(16)8-18-13(9)10)15-4-6-17-7-5-15/h1-3,11-12,16H,4-8H2. The first kappa shape index (κ1) is 11.9. The third kappa shape index (κ3) is 1.98. The van der Waals surface area contributed by atoms with Crippen molar-refractivity contribution in [2.45, 2.75) is 12.1 Å². The summed E-state index contributed by atoms with van der Waals surface area (Å²) in [5.74, 6) is -0.0862. The molecule has 2 aliphatic heterocycles. The normalized spacial score (nSPS) is 28.6. The molecule has 5 heteroatoms. The molecule has 0 spiro atoms. The predicted molar refractivity (Wildman–Crippen MR) is 63.0 cm³/mol. The quantitative estimate of drug-likeness (QED) is 0.809. The molecule has 1 N–H and O–H groups in total. The maximum atomic E-state index is 13.7. The van der Waals surface area contributed by atoms with Gasteiger partial charge >= 0.3 is 0 Å². The first-order chi connectivity index (χ1) is 8.77. The lowest BCUT2D eigenvalue weighted by Gasteiger charge is -2.40. The Balaban J connectivity index is 1.96. The van der Waals surface area contributed by atoms with Gasteiger partial charge in [-0.2, -0.15) is 0 Å². The van der Waals surface area contributed by atoms with Crippen LogP contribution in [0.25, 0.3) is 0 Å². The number of halogens is 1. The van der Waals surface area contributed by atoms with E-state index in [0.29, 0.717) is 13.2 Å². The molecule has 0 radical (unpaired) electrons. The molecule has 0 saturated carbocycles. The minimum atomic E-state index is -0.627. The number of morpholine rings is 1. The molecule has 0 aliphatic carbocycles.